The zero-order chi connectivity index (χ0) is 30.3. The van der Waals surface area contributed by atoms with Gasteiger partial charge in [0.2, 0.25) is 0 Å². The third-order valence-corrected chi connectivity index (χ3v) is 9.89. The molecule has 2 bridgehead atoms. The number of nitrogens with zero attached hydrogens (tertiary/aromatic N) is 4. The van der Waals surface area contributed by atoms with Crippen LogP contribution in [-0.2, 0) is 0 Å². The molecule has 0 radical (unpaired) electrons. The molecular formula is C32H31F4N5O3. The topological polar surface area (TPSA) is 94.0 Å². The van der Waals surface area contributed by atoms with Crippen molar-refractivity contribution in [1.29, 1.82) is 0 Å². The highest BCUT2D eigenvalue weighted by molar-refractivity contribution is 6.04. The van der Waals surface area contributed by atoms with Crippen LogP contribution in [0, 0.1) is 17.5 Å². The third-order valence-electron chi connectivity index (χ3n) is 9.89. The predicted octanol–water partition coefficient (Wildman–Crippen LogP) is 5.17. The maximum atomic E-state index is 16.7. The first-order valence-electron chi connectivity index (χ1n) is 15.1. The summed E-state index contributed by atoms with van der Waals surface area (Å²) in [6, 6.07) is 6.59. The molecule has 3 N–H and O–H groups in total. The first kappa shape index (κ1) is 27.6. The highest BCUT2D eigenvalue weighted by atomic mass is 19.1. The Labute approximate surface area is 250 Å². The van der Waals surface area contributed by atoms with E-state index >= 15 is 13.2 Å². The number of aromatic nitrogens is 2. The molecule has 0 aliphatic carbocycles. The quantitative estimate of drug-likeness (QED) is 0.267. The van der Waals surface area contributed by atoms with E-state index in [1.807, 2.05) is 4.90 Å². The van der Waals surface area contributed by atoms with E-state index in [1.165, 1.54) is 18.2 Å². The maximum absolute atomic E-state index is 16.7. The number of benzene rings is 3. The van der Waals surface area contributed by atoms with Crippen LogP contribution >= 0.6 is 0 Å². The molecule has 0 spiro atoms. The van der Waals surface area contributed by atoms with E-state index in [2.05, 4.69) is 20.2 Å². The molecule has 44 heavy (non-hydrogen) atoms. The van der Waals surface area contributed by atoms with Crippen molar-refractivity contribution in [3.63, 3.8) is 0 Å². The number of hydrogen-bond acceptors (Lipinski definition) is 8. The van der Waals surface area contributed by atoms with E-state index in [-0.39, 0.29) is 58.0 Å². The molecule has 4 atom stereocenters. The molecule has 8 nitrogen and oxygen atoms in total. The van der Waals surface area contributed by atoms with Gasteiger partial charge in [0.25, 0.3) is 0 Å². The van der Waals surface area contributed by atoms with Crippen molar-refractivity contribution >= 4 is 27.5 Å². The number of phenols is 2. The average molecular weight is 610 g/mol. The number of aromatic hydroxyl groups is 2. The van der Waals surface area contributed by atoms with Crippen LogP contribution in [0.1, 0.15) is 32.1 Å². The summed E-state index contributed by atoms with van der Waals surface area (Å²) in [5.41, 5.74) is -1.82. The molecule has 4 fully saturated rings. The molecule has 4 aromatic rings. The molecule has 4 aliphatic heterocycles. The van der Waals surface area contributed by atoms with Gasteiger partial charge in [0.05, 0.1) is 16.5 Å². The van der Waals surface area contributed by atoms with Crippen LogP contribution in [0.15, 0.2) is 30.3 Å². The molecule has 1 aromatic heterocycles. The van der Waals surface area contributed by atoms with Gasteiger partial charge in [-0.2, -0.15) is 9.97 Å². The molecular weight excluding hydrogens is 578 g/mol. The van der Waals surface area contributed by atoms with Gasteiger partial charge in [-0.25, -0.2) is 17.6 Å². The molecule has 230 valence electrons. The van der Waals surface area contributed by atoms with Crippen molar-refractivity contribution in [1.82, 2.24) is 20.2 Å². The minimum Gasteiger partial charge on any atom is -0.508 e. The Morgan fingerprint density at radius 3 is 2.59 bits per heavy atom. The van der Waals surface area contributed by atoms with Crippen LogP contribution in [0.5, 0.6) is 17.5 Å². The summed E-state index contributed by atoms with van der Waals surface area (Å²) in [6.45, 7) is 2.13. The van der Waals surface area contributed by atoms with Gasteiger partial charge < -0.3 is 25.2 Å². The SMILES string of the molecule is Oc1cc(-c2c(O)c(F)c3c(N4CC5CCC(C4)N5)nc(OC[C@@]45CCCN4C[C@H](F)C5)nc3c2F)c2c(F)cccc2c1. The lowest BCUT2D eigenvalue weighted by atomic mass is 9.94. The molecule has 4 saturated heterocycles. The number of anilines is 1. The molecule has 12 heteroatoms. The van der Waals surface area contributed by atoms with E-state index < -0.39 is 46.0 Å². The van der Waals surface area contributed by atoms with Gasteiger partial charge in [0, 0.05) is 49.1 Å². The summed E-state index contributed by atoms with van der Waals surface area (Å²) < 4.78 is 68.7. The lowest BCUT2D eigenvalue weighted by molar-refractivity contribution is 0.107. The Kier molecular flexibility index (Phi) is 6.32. The van der Waals surface area contributed by atoms with E-state index in [4.69, 9.17) is 4.74 Å². The zero-order valence-corrected chi connectivity index (χ0v) is 23.8. The van der Waals surface area contributed by atoms with Gasteiger partial charge in [-0.05, 0) is 55.8 Å². The van der Waals surface area contributed by atoms with Crippen molar-refractivity contribution in [3.05, 3.63) is 47.8 Å². The normalized spacial score (nSPS) is 26.6. The summed E-state index contributed by atoms with van der Waals surface area (Å²) in [6.07, 6.45) is 2.84. The summed E-state index contributed by atoms with van der Waals surface area (Å²) in [5, 5.41) is 24.9. The Bertz CT molecular complexity index is 1810. The fraction of sp³-hybridized carbons (Fsp3) is 0.438. The largest absolute Gasteiger partial charge is 0.508 e. The smallest absolute Gasteiger partial charge is 0.319 e. The number of ether oxygens (including phenoxy) is 1. The Morgan fingerprint density at radius 1 is 1.00 bits per heavy atom. The van der Waals surface area contributed by atoms with Crippen molar-refractivity contribution in [2.24, 2.45) is 0 Å². The average Bonchev–Trinajstić information content (AvgIpc) is 3.64. The number of phenolic OH excluding ortho intramolecular Hbond substituents is 2. The minimum absolute atomic E-state index is 0.0859. The molecule has 5 heterocycles. The third kappa shape index (κ3) is 4.25. The van der Waals surface area contributed by atoms with Crippen LogP contribution in [0.25, 0.3) is 32.8 Å². The molecule has 3 aromatic carbocycles. The minimum atomic E-state index is -1.16. The fourth-order valence-corrected chi connectivity index (χ4v) is 7.96. The highest BCUT2D eigenvalue weighted by Gasteiger charge is 2.49. The van der Waals surface area contributed by atoms with Crippen molar-refractivity contribution in [2.45, 2.75) is 55.9 Å². The molecule has 8 rings (SSSR count). The highest BCUT2D eigenvalue weighted by Crippen LogP contribution is 2.46. The van der Waals surface area contributed by atoms with Gasteiger partial charge in [-0.1, -0.05) is 12.1 Å². The van der Waals surface area contributed by atoms with E-state index in [9.17, 15) is 14.6 Å². The van der Waals surface area contributed by atoms with E-state index in [1.54, 1.807) is 0 Å². The van der Waals surface area contributed by atoms with E-state index in [0.717, 1.165) is 44.4 Å². The van der Waals surface area contributed by atoms with Gasteiger partial charge >= 0.3 is 6.01 Å². The zero-order valence-electron chi connectivity index (χ0n) is 23.8. The standard InChI is InChI=1S/C32H31F4N5O3/c33-17-11-32(7-2-8-41(32)12-17)15-44-31-38-28-25(30(39-31)40-13-18-5-6-19(14-40)37-18)27(36)29(43)24(26(28)35)21-10-20(42)9-16-3-1-4-22(34)23(16)21/h1,3-4,9-10,17-19,37,42-43H,2,5-8,11-15H2/t17-,18?,19?,32+/m1/s1. The first-order chi connectivity index (χ1) is 21.2. The monoisotopic (exact) mass is 609 g/mol. The summed E-state index contributed by atoms with van der Waals surface area (Å²) in [5.74, 6) is -4.27. The second kappa shape index (κ2) is 10.1. The second-order valence-corrected chi connectivity index (χ2v) is 12.6. The molecule has 4 aliphatic rings. The Hall–Kier alpha value is -3.90. The van der Waals surface area contributed by atoms with Gasteiger partial charge in [0.1, 0.15) is 35.7 Å². The van der Waals surface area contributed by atoms with Crippen LogP contribution in [0.4, 0.5) is 23.4 Å². The number of nitrogens with one attached hydrogen (secondary N) is 1. The number of halogens is 4. The van der Waals surface area contributed by atoms with Crippen molar-refractivity contribution in [2.75, 3.05) is 37.7 Å². The van der Waals surface area contributed by atoms with Crippen molar-refractivity contribution < 1.29 is 32.5 Å². The van der Waals surface area contributed by atoms with Crippen molar-refractivity contribution in [3.8, 4) is 28.6 Å². The molecule has 2 unspecified atom stereocenters. The molecule has 0 amide bonds. The van der Waals surface area contributed by atoms with Crippen LogP contribution in [-0.4, -0.2) is 81.7 Å². The van der Waals surface area contributed by atoms with Gasteiger partial charge in [-0.15, -0.1) is 0 Å². The summed E-state index contributed by atoms with van der Waals surface area (Å²) in [4.78, 5) is 12.8. The number of fused-ring (bicyclic) bond motifs is 5. The lowest BCUT2D eigenvalue weighted by Crippen LogP contribution is -2.51. The summed E-state index contributed by atoms with van der Waals surface area (Å²) >= 11 is 0. The van der Waals surface area contributed by atoms with Crippen LogP contribution < -0.4 is 15.0 Å². The predicted molar refractivity (Wildman–Crippen MR) is 156 cm³/mol. The number of rotatable bonds is 5. The summed E-state index contributed by atoms with van der Waals surface area (Å²) in [7, 11) is 0. The lowest BCUT2D eigenvalue weighted by Gasteiger charge is -2.35. The van der Waals surface area contributed by atoms with Gasteiger partial charge in [-0.3, -0.25) is 4.90 Å². The Balaban J connectivity index is 1.31. The fourth-order valence-electron chi connectivity index (χ4n) is 7.96. The Morgan fingerprint density at radius 2 is 1.80 bits per heavy atom. The number of hydrogen-bond donors (Lipinski definition) is 3. The van der Waals surface area contributed by atoms with Crippen LogP contribution in [0.3, 0.4) is 0 Å². The number of piperazine rings is 1. The van der Waals surface area contributed by atoms with Gasteiger partial charge in [0.15, 0.2) is 17.4 Å². The maximum Gasteiger partial charge on any atom is 0.319 e. The van der Waals surface area contributed by atoms with Crippen LogP contribution in [0.2, 0.25) is 0 Å². The van der Waals surface area contributed by atoms with E-state index in [0.29, 0.717) is 26.1 Å². The first-order valence-corrected chi connectivity index (χ1v) is 15.1. The molecule has 0 saturated carbocycles. The second-order valence-electron chi connectivity index (χ2n) is 12.6. The number of alkyl halides is 1.